The normalized spacial score (nSPS) is 17.1. The Bertz CT molecular complexity index is 871. The lowest BCUT2D eigenvalue weighted by Gasteiger charge is -2.20. The number of para-hydroxylation sites is 1. The van der Waals surface area contributed by atoms with Crippen molar-refractivity contribution in [1.82, 2.24) is 25.3 Å². The van der Waals surface area contributed by atoms with Gasteiger partial charge in [0.15, 0.2) is 5.96 Å². The highest BCUT2D eigenvalue weighted by atomic mass is 16.2. The standard InChI is InChI=1S/C22H32N6O/c1-15(2)21(29)27-12-11-18(14-27)25-22(23-5)24-13-20-16(3)26-28(17(20)4)19-9-7-6-8-10-19/h6-10,15,18H,11-14H2,1-5H3,(H2,23,24,25). The second kappa shape index (κ2) is 9.11. The van der Waals surface area contributed by atoms with Crippen molar-refractivity contribution < 1.29 is 4.79 Å². The van der Waals surface area contributed by atoms with Gasteiger partial charge in [-0.25, -0.2) is 4.68 Å². The van der Waals surface area contributed by atoms with Crippen LogP contribution in [-0.4, -0.2) is 52.7 Å². The molecule has 1 aliphatic heterocycles. The van der Waals surface area contributed by atoms with E-state index in [2.05, 4.69) is 34.7 Å². The zero-order valence-corrected chi connectivity index (χ0v) is 18.1. The van der Waals surface area contributed by atoms with E-state index in [-0.39, 0.29) is 17.9 Å². The average Bonchev–Trinajstić information content (AvgIpc) is 3.29. The van der Waals surface area contributed by atoms with Gasteiger partial charge in [0.05, 0.1) is 11.4 Å². The van der Waals surface area contributed by atoms with Gasteiger partial charge in [0.2, 0.25) is 5.91 Å². The molecule has 0 radical (unpaired) electrons. The van der Waals surface area contributed by atoms with Crippen molar-refractivity contribution in [1.29, 1.82) is 0 Å². The van der Waals surface area contributed by atoms with Crippen molar-refractivity contribution >= 4 is 11.9 Å². The first-order valence-electron chi connectivity index (χ1n) is 10.3. The zero-order chi connectivity index (χ0) is 21.0. The molecule has 2 N–H and O–H groups in total. The highest BCUT2D eigenvalue weighted by molar-refractivity contribution is 5.81. The van der Waals surface area contributed by atoms with Crippen LogP contribution in [-0.2, 0) is 11.3 Å². The van der Waals surface area contributed by atoms with Crippen LogP contribution in [0.1, 0.15) is 37.2 Å². The first-order chi connectivity index (χ1) is 13.9. The minimum absolute atomic E-state index is 0.0401. The summed E-state index contributed by atoms with van der Waals surface area (Å²) in [5.74, 6) is 1.01. The molecule has 1 aliphatic rings. The second-order valence-electron chi connectivity index (χ2n) is 7.89. The lowest BCUT2D eigenvalue weighted by Crippen LogP contribution is -2.45. The van der Waals surface area contributed by atoms with E-state index < -0.39 is 0 Å². The molecule has 3 rings (SSSR count). The van der Waals surface area contributed by atoms with Crippen molar-refractivity contribution in [3.05, 3.63) is 47.3 Å². The van der Waals surface area contributed by atoms with Gasteiger partial charge in [-0.05, 0) is 32.4 Å². The van der Waals surface area contributed by atoms with Crippen molar-refractivity contribution in [2.75, 3.05) is 20.1 Å². The van der Waals surface area contributed by atoms with Gasteiger partial charge in [-0.2, -0.15) is 5.10 Å². The Hall–Kier alpha value is -2.83. The molecule has 0 aliphatic carbocycles. The minimum Gasteiger partial charge on any atom is -0.352 e. The van der Waals surface area contributed by atoms with E-state index in [1.54, 1.807) is 7.05 Å². The third kappa shape index (κ3) is 4.78. The van der Waals surface area contributed by atoms with Crippen LogP contribution in [0, 0.1) is 19.8 Å². The van der Waals surface area contributed by atoms with Gasteiger partial charge in [-0.1, -0.05) is 32.0 Å². The van der Waals surface area contributed by atoms with E-state index in [0.717, 1.165) is 42.5 Å². The number of rotatable bonds is 5. The maximum atomic E-state index is 12.2. The number of nitrogens with one attached hydrogen (secondary N) is 2. The zero-order valence-electron chi connectivity index (χ0n) is 18.1. The van der Waals surface area contributed by atoms with Crippen LogP contribution < -0.4 is 10.6 Å². The largest absolute Gasteiger partial charge is 0.352 e. The van der Waals surface area contributed by atoms with Crippen molar-refractivity contribution in [3.63, 3.8) is 0 Å². The quantitative estimate of drug-likeness (QED) is 0.601. The molecule has 1 saturated heterocycles. The summed E-state index contributed by atoms with van der Waals surface area (Å²) in [6.45, 7) is 10.2. The number of likely N-dealkylation sites (tertiary alicyclic amines) is 1. The van der Waals surface area contributed by atoms with Crippen LogP contribution in [0.15, 0.2) is 35.3 Å². The number of benzene rings is 1. The maximum absolute atomic E-state index is 12.2. The van der Waals surface area contributed by atoms with Crippen LogP contribution in [0.2, 0.25) is 0 Å². The number of guanidine groups is 1. The number of carbonyl (C=O) groups excluding carboxylic acids is 1. The van der Waals surface area contributed by atoms with Crippen LogP contribution in [0.3, 0.4) is 0 Å². The summed E-state index contributed by atoms with van der Waals surface area (Å²) in [7, 11) is 1.77. The van der Waals surface area contributed by atoms with E-state index in [9.17, 15) is 4.79 Å². The van der Waals surface area contributed by atoms with Crippen molar-refractivity contribution in [2.45, 2.75) is 46.7 Å². The third-order valence-corrected chi connectivity index (χ3v) is 5.43. The Morgan fingerprint density at radius 2 is 2.00 bits per heavy atom. The summed E-state index contributed by atoms with van der Waals surface area (Å²) in [6, 6.07) is 10.4. The molecular weight excluding hydrogens is 364 g/mol. The molecule has 0 bridgehead atoms. The van der Waals surface area contributed by atoms with Gasteiger partial charge in [-0.3, -0.25) is 9.79 Å². The molecule has 1 amide bonds. The summed E-state index contributed by atoms with van der Waals surface area (Å²) >= 11 is 0. The number of hydrogen-bond donors (Lipinski definition) is 2. The summed E-state index contributed by atoms with van der Waals surface area (Å²) in [4.78, 5) is 18.5. The van der Waals surface area contributed by atoms with Gasteiger partial charge in [0.25, 0.3) is 0 Å². The lowest BCUT2D eigenvalue weighted by atomic mass is 10.2. The molecule has 1 unspecified atom stereocenters. The fraction of sp³-hybridized carbons (Fsp3) is 0.500. The van der Waals surface area contributed by atoms with Gasteiger partial charge in [0, 0.05) is 49.9 Å². The molecule has 2 heterocycles. The van der Waals surface area contributed by atoms with E-state index in [1.165, 1.54) is 5.56 Å². The predicted octanol–water partition coefficient (Wildman–Crippen LogP) is 2.41. The number of nitrogens with zero attached hydrogens (tertiary/aromatic N) is 4. The van der Waals surface area contributed by atoms with E-state index in [0.29, 0.717) is 6.54 Å². The van der Waals surface area contributed by atoms with E-state index >= 15 is 0 Å². The Kier molecular flexibility index (Phi) is 6.56. The summed E-state index contributed by atoms with van der Waals surface area (Å²) in [5.41, 5.74) is 4.35. The molecule has 7 heteroatoms. The summed E-state index contributed by atoms with van der Waals surface area (Å²) < 4.78 is 1.98. The fourth-order valence-electron chi connectivity index (χ4n) is 3.75. The molecule has 2 aromatic rings. The van der Waals surface area contributed by atoms with E-state index in [1.807, 2.05) is 48.6 Å². The van der Waals surface area contributed by atoms with Crippen LogP contribution in [0.25, 0.3) is 5.69 Å². The molecule has 29 heavy (non-hydrogen) atoms. The second-order valence-corrected chi connectivity index (χ2v) is 7.89. The third-order valence-electron chi connectivity index (χ3n) is 5.43. The van der Waals surface area contributed by atoms with Crippen LogP contribution in [0.4, 0.5) is 0 Å². The Morgan fingerprint density at radius 3 is 2.66 bits per heavy atom. The van der Waals surface area contributed by atoms with Gasteiger partial charge in [-0.15, -0.1) is 0 Å². The monoisotopic (exact) mass is 396 g/mol. The number of carbonyl (C=O) groups is 1. The summed E-state index contributed by atoms with van der Waals surface area (Å²) in [6.07, 6.45) is 0.934. The number of aromatic nitrogens is 2. The fourth-order valence-corrected chi connectivity index (χ4v) is 3.75. The molecule has 0 saturated carbocycles. The van der Waals surface area contributed by atoms with Gasteiger partial charge in [0.1, 0.15) is 0 Å². The number of aliphatic imine (C=N–C) groups is 1. The van der Waals surface area contributed by atoms with Crippen LogP contribution in [0.5, 0.6) is 0 Å². The Balaban J connectivity index is 1.61. The molecule has 156 valence electrons. The van der Waals surface area contributed by atoms with Gasteiger partial charge >= 0.3 is 0 Å². The van der Waals surface area contributed by atoms with Crippen molar-refractivity contribution in [3.8, 4) is 5.69 Å². The number of amides is 1. The SMILES string of the molecule is CN=C(NCc1c(C)nn(-c2ccccc2)c1C)NC1CCN(C(=O)C(C)C)C1. The molecule has 1 aromatic heterocycles. The molecule has 0 spiro atoms. The smallest absolute Gasteiger partial charge is 0.225 e. The summed E-state index contributed by atoms with van der Waals surface area (Å²) in [5, 5.41) is 11.6. The highest BCUT2D eigenvalue weighted by Gasteiger charge is 2.28. The first kappa shape index (κ1) is 20.9. The number of hydrogen-bond acceptors (Lipinski definition) is 3. The minimum atomic E-state index is 0.0401. The molecule has 7 nitrogen and oxygen atoms in total. The lowest BCUT2D eigenvalue weighted by molar-refractivity contribution is -0.133. The van der Waals surface area contributed by atoms with E-state index in [4.69, 9.17) is 5.10 Å². The van der Waals surface area contributed by atoms with Crippen LogP contribution >= 0.6 is 0 Å². The van der Waals surface area contributed by atoms with Gasteiger partial charge < -0.3 is 15.5 Å². The maximum Gasteiger partial charge on any atom is 0.225 e. The molecular formula is C22H32N6O. The average molecular weight is 397 g/mol. The number of aryl methyl sites for hydroxylation is 1. The Labute approximate surface area is 173 Å². The predicted molar refractivity (Wildman–Crippen MR) is 116 cm³/mol. The Morgan fingerprint density at radius 1 is 1.28 bits per heavy atom. The molecule has 1 aromatic carbocycles. The van der Waals surface area contributed by atoms with Crippen molar-refractivity contribution in [2.24, 2.45) is 10.9 Å². The highest BCUT2D eigenvalue weighted by Crippen LogP contribution is 2.18. The topological polar surface area (TPSA) is 74.6 Å². The molecule has 1 fully saturated rings. The molecule has 1 atom stereocenters. The first-order valence-corrected chi connectivity index (χ1v) is 10.3.